The first-order chi connectivity index (χ1) is 8.55. The number of aliphatic hydroxyl groups excluding tert-OH is 1. The fourth-order valence-corrected chi connectivity index (χ4v) is 5.95. The van der Waals surface area contributed by atoms with Crippen LogP contribution in [0.15, 0.2) is 12.7 Å². The van der Waals surface area contributed by atoms with E-state index in [0.717, 1.165) is 31.1 Å². The highest BCUT2D eigenvalue weighted by molar-refractivity contribution is 5.08. The molecule has 0 aromatic carbocycles. The Kier molecular flexibility index (Phi) is 3.09. The van der Waals surface area contributed by atoms with Crippen molar-refractivity contribution in [2.24, 2.45) is 22.7 Å². The molecule has 0 aromatic rings. The molecule has 4 aliphatic carbocycles. The largest absolute Gasteiger partial charge is 0.393 e. The van der Waals surface area contributed by atoms with Gasteiger partial charge in [-0.25, -0.2) is 0 Å². The van der Waals surface area contributed by atoms with Crippen molar-refractivity contribution in [2.45, 2.75) is 70.8 Å². The van der Waals surface area contributed by atoms with Crippen LogP contribution in [-0.2, 0) is 0 Å². The molecule has 18 heavy (non-hydrogen) atoms. The van der Waals surface area contributed by atoms with Crippen LogP contribution in [0.3, 0.4) is 0 Å². The normalized spacial score (nSPS) is 47.2. The summed E-state index contributed by atoms with van der Waals surface area (Å²) in [6, 6.07) is 0. The molecular weight excluding hydrogens is 220 g/mol. The lowest BCUT2D eigenvalue weighted by atomic mass is 9.43. The SMILES string of the molecule is C=CCCCC(O)C12CC3CC(CC(C)(C3)C1)C2. The second kappa shape index (κ2) is 4.37. The summed E-state index contributed by atoms with van der Waals surface area (Å²) in [5.41, 5.74) is 0.851. The van der Waals surface area contributed by atoms with E-state index in [1.54, 1.807) is 0 Å². The fourth-order valence-electron chi connectivity index (χ4n) is 5.95. The Balaban J connectivity index is 1.72. The Bertz CT molecular complexity index is 319. The molecule has 0 spiro atoms. The standard InChI is InChI=1S/C17H28O/c1-3-4-5-6-15(18)17-10-13-7-14(11-17)9-16(2,8-13)12-17/h3,13-15,18H,1,4-12H2,2H3. The molecule has 102 valence electrons. The van der Waals surface area contributed by atoms with Crippen LogP contribution in [0, 0.1) is 22.7 Å². The molecule has 1 nitrogen and oxygen atoms in total. The van der Waals surface area contributed by atoms with Crippen molar-refractivity contribution in [2.75, 3.05) is 0 Å². The number of hydrogen-bond donors (Lipinski definition) is 1. The van der Waals surface area contributed by atoms with Crippen molar-refractivity contribution in [1.82, 2.24) is 0 Å². The van der Waals surface area contributed by atoms with E-state index in [2.05, 4.69) is 13.5 Å². The van der Waals surface area contributed by atoms with Gasteiger partial charge in [-0.1, -0.05) is 13.0 Å². The zero-order valence-corrected chi connectivity index (χ0v) is 11.8. The first-order valence-electron chi connectivity index (χ1n) is 7.84. The number of aliphatic hydroxyl groups is 1. The average Bonchev–Trinajstić information content (AvgIpc) is 2.25. The molecule has 0 aliphatic heterocycles. The molecule has 3 unspecified atom stereocenters. The van der Waals surface area contributed by atoms with Gasteiger partial charge < -0.3 is 5.11 Å². The maximum Gasteiger partial charge on any atom is 0.0596 e. The molecule has 0 amide bonds. The molecule has 0 heterocycles. The molecule has 4 fully saturated rings. The predicted octanol–water partition coefficient (Wildman–Crippen LogP) is 4.31. The molecule has 3 atom stereocenters. The van der Waals surface area contributed by atoms with Crippen LogP contribution in [0.2, 0.25) is 0 Å². The van der Waals surface area contributed by atoms with E-state index in [4.69, 9.17) is 0 Å². The van der Waals surface area contributed by atoms with Gasteiger partial charge in [0.25, 0.3) is 0 Å². The molecule has 0 saturated heterocycles. The zero-order valence-electron chi connectivity index (χ0n) is 11.8. The summed E-state index contributed by atoms with van der Waals surface area (Å²) < 4.78 is 0. The first-order valence-corrected chi connectivity index (χ1v) is 7.84. The summed E-state index contributed by atoms with van der Waals surface area (Å²) in [5, 5.41) is 10.7. The Hall–Kier alpha value is -0.300. The summed E-state index contributed by atoms with van der Waals surface area (Å²) in [6.07, 6.45) is 13.3. The van der Waals surface area contributed by atoms with Crippen LogP contribution in [0.25, 0.3) is 0 Å². The highest BCUT2D eigenvalue weighted by Crippen LogP contribution is 2.66. The summed E-state index contributed by atoms with van der Waals surface area (Å²) in [7, 11) is 0. The monoisotopic (exact) mass is 248 g/mol. The fraction of sp³-hybridized carbons (Fsp3) is 0.882. The van der Waals surface area contributed by atoms with E-state index in [1.807, 2.05) is 6.08 Å². The minimum atomic E-state index is -0.0531. The van der Waals surface area contributed by atoms with Gasteiger partial charge in [0.15, 0.2) is 0 Å². The number of hydrogen-bond acceptors (Lipinski definition) is 1. The summed E-state index contributed by atoms with van der Waals surface area (Å²) in [5.74, 6) is 1.84. The first kappa shape index (κ1) is 12.7. The predicted molar refractivity (Wildman–Crippen MR) is 75.3 cm³/mol. The van der Waals surface area contributed by atoms with E-state index in [9.17, 15) is 5.11 Å². The van der Waals surface area contributed by atoms with E-state index < -0.39 is 0 Å². The van der Waals surface area contributed by atoms with Gasteiger partial charge in [-0.2, -0.15) is 0 Å². The molecular formula is C17H28O. The lowest BCUT2D eigenvalue weighted by Crippen LogP contribution is -2.55. The third kappa shape index (κ3) is 2.05. The van der Waals surface area contributed by atoms with Gasteiger partial charge >= 0.3 is 0 Å². The Labute approximate surface area is 112 Å². The highest BCUT2D eigenvalue weighted by Gasteiger charge is 2.57. The second-order valence-electron chi connectivity index (χ2n) is 7.87. The quantitative estimate of drug-likeness (QED) is 0.568. The van der Waals surface area contributed by atoms with E-state index >= 15 is 0 Å². The molecule has 4 bridgehead atoms. The van der Waals surface area contributed by atoms with Crippen LogP contribution in [0.1, 0.15) is 64.7 Å². The third-order valence-corrected chi connectivity index (χ3v) is 5.99. The molecule has 4 saturated carbocycles. The maximum absolute atomic E-state index is 10.7. The molecule has 0 aromatic heterocycles. The Morgan fingerprint density at radius 1 is 1.28 bits per heavy atom. The lowest BCUT2D eigenvalue weighted by Gasteiger charge is -2.62. The van der Waals surface area contributed by atoms with Crippen molar-refractivity contribution in [1.29, 1.82) is 0 Å². The summed E-state index contributed by atoms with van der Waals surface area (Å²) in [4.78, 5) is 0. The van der Waals surface area contributed by atoms with Crippen LogP contribution < -0.4 is 0 Å². The van der Waals surface area contributed by atoms with E-state index in [-0.39, 0.29) is 6.10 Å². The zero-order chi connectivity index (χ0) is 12.8. The van der Waals surface area contributed by atoms with Gasteiger partial charge in [0.2, 0.25) is 0 Å². The van der Waals surface area contributed by atoms with E-state index in [1.165, 1.54) is 38.5 Å². The topological polar surface area (TPSA) is 20.2 Å². The van der Waals surface area contributed by atoms with Crippen LogP contribution in [0.5, 0.6) is 0 Å². The smallest absolute Gasteiger partial charge is 0.0596 e. The minimum absolute atomic E-state index is 0.0531. The van der Waals surface area contributed by atoms with Gasteiger partial charge in [-0.3, -0.25) is 0 Å². The number of unbranched alkanes of at least 4 members (excludes halogenated alkanes) is 1. The minimum Gasteiger partial charge on any atom is -0.393 e. The van der Waals surface area contributed by atoms with Crippen LogP contribution >= 0.6 is 0 Å². The third-order valence-electron chi connectivity index (χ3n) is 5.99. The van der Waals surface area contributed by atoms with Crippen molar-refractivity contribution < 1.29 is 5.11 Å². The van der Waals surface area contributed by atoms with Crippen molar-refractivity contribution in [3.8, 4) is 0 Å². The van der Waals surface area contributed by atoms with Crippen LogP contribution in [0.4, 0.5) is 0 Å². The molecule has 4 aliphatic rings. The summed E-state index contributed by atoms with van der Waals surface area (Å²) in [6.45, 7) is 6.26. The lowest BCUT2D eigenvalue weighted by molar-refractivity contribution is -0.154. The van der Waals surface area contributed by atoms with Gasteiger partial charge in [-0.15, -0.1) is 6.58 Å². The molecule has 0 radical (unpaired) electrons. The van der Waals surface area contributed by atoms with E-state index in [0.29, 0.717) is 10.8 Å². The van der Waals surface area contributed by atoms with Gasteiger partial charge in [-0.05, 0) is 80.5 Å². The summed E-state index contributed by atoms with van der Waals surface area (Å²) >= 11 is 0. The molecule has 1 heteroatoms. The van der Waals surface area contributed by atoms with Crippen molar-refractivity contribution in [3.63, 3.8) is 0 Å². The van der Waals surface area contributed by atoms with Gasteiger partial charge in [0.05, 0.1) is 6.10 Å². The van der Waals surface area contributed by atoms with Gasteiger partial charge in [0.1, 0.15) is 0 Å². The van der Waals surface area contributed by atoms with Crippen molar-refractivity contribution in [3.05, 3.63) is 12.7 Å². The van der Waals surface area contributed by atoms with Crippen molar-refractivity contribution >= 4 is 0 Å². The Morgan fingerprint density at radius 3 is 2.50 bits per heavy atom. The second-order valence-corrected chi connectivity index (χ2v) is 7.87. The molecule has 4 rings (SSSR count). The number of rotatable bonds is 5. The Morgan fingerprint density at radius 2 is 1.94 bits per heavy atom. The molecule has 1 N–H and O–H groups in total. The highest BCUT2D eigenvalue weighted by atomic mass is 16.3. The average molecular weight is 248 g/mol. The van der Waals surface area contributed by atoms with Gasteiger partial charge in [0, 0.05) is 0 Å². The number of allylic oxidation sites excluding steroid dienone is 1. The maximum atomic E-state index is 10.7. The van der Waals surface area contributed by atoms with Crippen LogP contribution in [-0.4, -0.2) is 11.2 Å².